The summed E-state index contributed by atoms with van der Waals surface area (Å²) in [7, 11) is 0. The second-order valence-electron chi connectivity index (χ2n) is 4.97. The lowest BCUT2D eigenvalue weighted by atomic mass is 10.0. The second-order valence-corrected chi connectivity index (χ2v) is 4.97. The van der Waals surface area contributed by atoms with Gasteiger partial charge in [0.25, 0.3) is 5.78 Å². The van der Waals surface area contributed by atoms with E-state index in [1.165, 1.54) is 24.3 Å². The SMILES string of the molecule is O=C(c1c(-c2ccccc2)nn(-c2ccccc2)c1[O-])C(F)(F)F. The molecule has 7 heteroatoms. The van der Waals surface area contributed by atoms with Crippen LogP contribution in [0.2, 0.25) is 0 Å². The van der Waals surface area contributed by atoms with Crippen LogP contribution in [0, 0.1) is 0 Å². The summed E-state index contributed by atoms with van der Waals surface area (Å²) in [6.45, 7) is 0. The van der Waals surface area contributed by atoms with Crippen molar-refractivity contribution in [2.45, 2.75) is 6.18 Å². The molecule has 3 aromatic rings. The Bertz CT molecular complexity index is 872. The highest BCUT2D eigenvalue weighted by molar-refractivity contribution is 6.07. The summed E-state index contributed by atoms with van der Waals surface area (Å²) in [6.07, 6.45) is -5.16. The van der Waals surface area contributed by atoms with E-state index in [-0.39, 0.29) is 16.9 Å². The standard InChI is InChI=1S/C17H11F3N2O2/c18-17(19,20)15(23)13-14(11-7-3-1-4-8-11)21-22(16(13)24)12-9-5-2-6-10-12/h1-10,24H/p-1. The minimum atomic E-state index is -5.16. The fraction of sp³-hybridized carbons (Fsp3) is 0.0588. The van der Waals surface area contributed by atoms with Crippen LogP contribution in [0.3, 0.4) is 0 Å². The molecular weight excluding hydrogens is 321 g/mol. The highest BCUT2D eigenvalue weighted by atomic mass is 19.4. The van der Waals surface area contributed by atoms with E-state index in [0.717, 1.165) is 4.68 Å². The second kappa shape index (κ2) is 5.84. The fourth-order valence-corrected chi connectivity index (χ4v) is 2.29. The van der Waals surface area contributed by atoms with Crippen LogP contribution in [0.5, 0.6) is 5.88 Å². The molecule has 24 heavy (non-hydrogen) atoms. The van der Waals surface area contributed by atoms with Crippen molar-refractivity contribution in [3.8, 4) is 22.8 Å². The number of Topliss-reactive ketones (excluding diaryl/α,β-unsaturated/α-hetero) is 1. The molecule has 0 aliphatic heterocycles. The maximum atomic E-state index is 12.9. The van der Waals surface area contributed by atoms with E-state index in [1.807, 2.05) is 0 Å². The van der Waals surface area contributed by atoms with Crippen molar-refractivity contribution in [1.29, 1.82) is 0 Å². The molecule has 0 fully saturated rings. The first kappa shape index (κ1) is 15.8. The lowest BCUT2D eigenvalue weighted by Gasteiger charge is -2.13. The molecule has 2 aromatic carbocycles. The number of para-hydroxylation sites is 1. The van der Waals surface area contributed by atoms with E-state index in [9.17, 15) is 23.1 Å². The lowest BCUT2D eigenvalue weighted by Crippen LogP contribution is -2.24. The number of carbonyl (C=O) groups excluding carboxylic acids is 1. The van der Waals surface area contributed by atoms with Gasteiger partial charge in [0.15, 0.2) is 0 Å². The van der Waals surface area contributed by atoms with Gasteiger partial charge in [-0.3, -0.25) is 4.79 Å². The Labute approximate surface area is 134 Å². The van der Waals surface area contributed by atoms with Gasteiger partial charge in [0.05, 0.1) is 11.3 Å². The van der Waals surface area contributed by atoms with Crippen LogP contribution in [-0.4, -0.2) is 21.7 Å². The number of hydrogen-bond acceptors (Lipinski definition) is 3. The predicted octanol–water partition coefficient (Wildman–Crippen LogP) is 3.36. The Balaban J connectivity index is 2.26. The summed E-state index contributed by atoms with van der Waals surface area (Å²) < 4.78 is 39.5. The predicted molar refractivity (Wildman–Crippen MR) is 78.8 cm³/mol. The molecule has 0 amide bonds. The van der Waals surface area contributed by atoms with E-state index >= 15 is 0 Å². The monoisotopic (exact) mass is 331 g/mol. The molecule has 0 aliphatic carbocycles. The van der Waals surface area contributed by atoms with Gasteiger partial charge in [0.2, 0.25) is 0 Å². The molecule has 0 bridgehead atoms. The zero-order valence-electron chi connectivity index (χ0n) is 12.1. The van der Waals surface area contributed by atoms with Crippen LogP contribution in [-0.2, 0) is 0 Å². The molecule has 1 aromatic heterocycles. The van der Waals surface area contributed by atoms with Crippen molar-refractivity contribution in [1.82, 2.24) is 9.78 Å². The van der Waals surface area contributed by atoms with Gasteiger partial charge in [-0.05, 0) is 12.1 Å². The van der Waals surface area contributed by atoms with Crippen molar-refractivity contribution in [2.24, 2.45) is 0 Å². The zero-order chi connectivity index (χ0) is 17.3. The molecule has 0 spiro atoms. The smallest absolute Gasteiger partial charge is 0.454 e. The number of ketones is 1. The maximum absolute atomic E-state index is 12.9. The molecule has 0 atom stereocenters. The average Bonchev–Trinajstić information content (AvgIpc) is 2.92. The van der Waals surface area contributed by atoms with Crippen molar-refractivity contribution >= 4 is 5.78 Å². The van der Waals surface area contributed by atoms with Gasteiger partial charge < -0.3 is 5.11 Å². The molecule has 0 unspecified atom stereocenters. The Kier molecular flexibility index (Phi) is 3.84. The summed E-state index contributed by atoms with van der Waals surface area (Å²) in [6, 6.07) is 15.8. The quantitative estimate of drug-likeness (QED) is 0.692. The molecule has 1 heterocycles. The highest BCUT2D eigenvalue weighted by Crippen LogP contribution is 2.34. The number of nitrogens with zero attached hydrogens (tertiary/aromatic N) is 2. The molecule has 3 rings (SSSR count). The van der Waals surface area contributed by atoms with Gasteiger partial charge in [0, 0.05) is 11.4 Å². The molecule has 122 valence electrons. The van der Waals surface area contributed by atoms with Crippen LogP contribution in [0.25, 0.3) is 16.9 Å². The molecule has 0 saturated heterocycles. The average molecular weight is 331 g/mol. The van der Waals surface area contributed by atoms with E-state index in [0.29, 0.717) is 0 Å². The number of carbonyl (C=O) groups is 1. The lowest BCUT2D eigenvalue weighted by molar-refractivity contribution is -0.278. The molecular formula is C17H10F3N2O2-. The van der Waals surface area contributed by atoms with Gasteiger partial charge in [-0.2, -0.15) is 18.3 Å². The molecule has 0 radical (unpaired) electrons. The third-order valence-corrected chi connectivity index (χ3v) is 3.38. The molecule has 0 aliphatic rings. The van der Waals surface area contributed by atoms with Crippen LogP contribution in [0.15, 0.2) is 60.7 Å². The van der Waals surface area contributed by atoms with Crippen molar-refractivity contribution in [3.63, 3.8) is 0 Å². The summed E-state index contributed by atoms with van der Waals surface area (Å²) >= 11 is 0. The summed E-state index contributed by atoms with van der Waals surface area (Å²) in [5.74, 6) is -3.30. The number of aromatic nitrogens is 2. The largest absolute Gasteiger partial charge is 0.858 e. The number of hydrogen-bond donors (Lipinski definition) is 0. The Morgan fingerprint density at radius 2 is 1.50 bits per heavy atom. The van der Waals surface area contributed by atoms with Gasteiger partial charge in [-0.25, -0.2) is 4.68 Å². The summed E-state index contributed by atoms with van der Waals surface area (Å²) in [5.41, 5.74) is -0.720. The first-order valence-electron chi connectivity index (χ1n) is 6.92. The fourth-order valence-electron chi connectivity index (χ4n) is 2.29. The molecule has 0 N–H and O–H groups in total. The van der Waals surface area contributed by atoms with E-state index in [2.05, 4.69) is 5.10 Å². The number of alkyl halides is 3. The minimum Gasteiger partial charge on any atom is -0.858 e. The van der Waals surface area contributed by atoms with Crippen LogP contribution in [0.4, 0.5) is 13.2 Å². The van der Waals surface area contributed by atoms with Gasteiger partial charge in [-0.1, -0.05) is 48.5 Å². The van der Waals surface area contributed by atoms with Gasteiger partial charge in [0.1, 0.15) is 5.69 Å². The first-order valence-corrected chi connectivity index (χ1v) is 6.92. The minimum absolute atomic E-state index is 0.261. The highest BCUT2D eigenvalue weighted by Gasteiger charge is 2.42. The third-order valence-electron chi connectivity index (χ3n) is 3.38. The van der Waals surface area contributed by atoms with Gasteiger partial charge in [-0.15, -0.1) is 0 Å². The summed E-state index contributed by atoms with van der Waals surface area (Å²) in [5, 5.41) is 16.4. The van der Waals surface area contributed by atoms with Crippen molar-refractivity contribution in [3.05, 3.63) is 66.2 Å². The van der Waals surface area contributed by atoms with Gasteiger partial charge >= 0.3 is 6.18 Å². The van der Waals surface area contributed by atoms with Crippen LogP contribution >= 0.6 is 0 Å². The number of halogens is 3. The van der Waals surface area contributed by atoms with Crippen LogP contribution in [0.1, 0.15) is 10.4 Å². The Morgan fingerprint density at radius 3 is 2.04 bits per heavy atom. The van der Waals surface area contributed by atoms with Crippen molar-refractivity contribution < 1.29 is 23.1 Å². The number of benzene rings is 2. The van der Waals surface area contributed by atoms with E-state index in [4.69, 9.17) is 0 Å². The topological polar surface area (TPSA) is 58.0 Å². The maximum Gasteiger partial charge on any atom is 0.454 e. The first-order chi connectivity index (χ1) is 11.4. The number of rotatable bonds is 3. The third kappa shape index (κ3) is 2.76. The normalized spacial score (nSPS) is 11.5. The van der Waals surface area contributed by atoms with Crippen LogP contribution < -0.4 is 5.11 Å². The zero-order valence-corrected chi connectivity index (χ0v) is 12.1. The molecule has 4 nitrogen and oxygen atoms in total. The van der Waals surface area contributed by atoms with Crippen molar-refractivity contribution in [2.75, 3.05) is 0 Å². The van der Waals surface area contributed by atoms with E-state index < -0.39 is 23.4 Å². The Hall–Kier alpha value is -3.09. The van der Waals surface area contributed by atoms with E-state index in [1.54, 1.807) is 36.4 Å². The summed E-state index contributed by atoms with van der Waals surface area (Å²) in [4.78, 5) is 11.7. The Morgan fingerprint density at radius 1 is 0.958 bits per heavy atom. The molecule has 0 saturated carbocycles.